The van der Waals surface area contributed by atoms with Gasteiger partial charge in [-0.15, -0.1) is 0 Å². The van der Waals surface area contributed by atoms with Gasteiger partial charge < -0.3 is 15.3 Å². The van der Waals surface area contributed by atoms with Crippen LogP contribution in [-0.2, 0) is 11.2 Å². The molecule has 2 atom stereocenters. The monoisotopic (exact) mass is 316 g/mol. The van der Waals surface area contributed by atoms with E-state index in [2.05, 4.69) is 29.6 Å². The third-order valence-corrected chi connectivity index (χ3v) is 5.27. The lowest BCUT2D eigenvalue weighted by atomic mass is 9.83. The van der Waals surface area contributed by atoms with E-state index in [0.29, 0.717) is 25.4 Å². The summed E-state index contributed by atoms with van der Waals surface area (Å²) in [4.78, 5) is 25.2. The van der Waals surface area contributed by atoms with Crippen LogP contribution in [-0.4, -0.2) is 41.6 Å². The summed E-state index contributed by atoms with van der Waals surface area (Å²) in [6.07, 6.45) is 3.87. The maximum Gasteiger partial charge on any atom is 0.317 e. The maximum atomic E-state index is 12.3. The van der Waals surface area contributed by atoms with Crippen LogP contribution >= 0.6 is 0 Å². The van der Waals surface area contributed by atoms with Crippen molar-refractivity contribution >= 4 is 12.0 Å². The van der Waals surface area contributed by atoms with Gasteiger partial charge in [0.25, 0.3) is 0 Å². The Morgan fingerprint density at radius 3 is 2.91 bits per heavy atom. The number of rotatable bonds is 3. The summed E-state index contributed by atoms with van der Waals surface area (Å²) in [5, 5.41) is 12.3. The predicted molar refractivity (Wildman–Crippen MR) is 87.5 cm³/mol. The zero-order valence-corrected chi connectivity index (χ0v) is 13.5. The number of hydrogen-bond acceptors (Lipinski definition) is 2. The predicted octanol–water partition coefficient (Wildman–Crippen LogP) is 2.61. The van der Waals surface area contributed by atoms with Gasteiger partial charge in [-0.2, -0.15) is 0 Å². The van der Waals surface area contributed by atoms with Crippen molar-refractivity contribution in [2.75, 3.05) is 19.6 Å². The molecule has 1 aromatic rings. The Hall–Kier alpha value is -2.04. The first kappa shape index (κ1) is 15.8. The SMILES string of the molecule is CC1(C(=O)O)CCN(C(=O)NCC2CCCc3ccccc32)C1. The van der Waals surface area contributed by atoms with Gasteiger partial charge in [-0.3, -0.25) is 4.79 Å². The van der Waals surface area contributed by atoms with Gasteiger partial charge in [0.05, 0.1) is 5.41 Å². The van der Waals surface area contributed by atoms with Gasteiger partial charge in [-0.25, -0.2) is 4.79 Å². The van der Waals surface area contributed by atoms with Crippen LogP contribution in [0.3, 0.4) is 0 Å². The van der Waals surface area contributed by atoms with E-state index in [-0.39, 0.29) is 12.6 Å². The average molecular weight is 316 g/mol. The van der Waals surface area contributed by atoms with Crippen LogP contribution in [0.4, 0.5) is 4.79 Å². The average Bonchev–Trinajstić information content (AvgIpc) is 2.96. The molecule has 1 heterocycles. The number of amides is 2. The highest BCUT2D eigenvalue weighted by molar-refractivity contribution is 5.79. The lowest BCUT2D eigenvalue weighted by molar-refractivity contribution is -0.146. The van der Waals surface area contributed by atoms with Gasteiger partial charge in [-0.05, 0) is 43.7 Å². The van der Waals surface area contributed by atoms with E-state index in [9.17, 15) is 14.7 Å². The minimum atomic E-state index is -0.825. The lowest BCUT2D eigenvalue weighted by Crippen LogP contribution is -2.42. The maximum absolute atomic E-state index is 12.3. The van der Waals surface area contributed by atoms with Crippen LogP contribution in [0.2, 0.25) is 0 Å². The summed E-state index contributed by atoms with van der Waals surface area (Å²) >= 11 is 0. The molecule has 0 radical (unpaired) electrons. The molecule has 5 nitrogen and oxygen atoms in total. The first-order valence-electron chi connectivity index (χ1n) is 8.33. The second-order valence-electron chi connectivity index (χ2n) is 7.01. The fourth-order valence-electron chi connectivity index (χ4n) is 3.70. The summed E-state index contributed by atoms with van der Waals surface area (Å²) in [6, 6.07) is 8.30. The number of hydrogen-bond donors (Lipinski definition) is 2. The second kappa shape index (κ2) is 6.22. The van der Waals surface area contributed by atoms with E-state index >= 15 is 0 Å². The van der Waals surface area contributed by atoms with Gasteiger partial charge in [0.2, 0.25) is 0 Å². The van der Waals surface area contributed by atoms with Crippen molar-refractivity contribution < 1.29 is 14.7 Å². The van der Waals surface area contributed by atoms with E-state index in [1.807, 2.05) is 0 Å². The molecule has 0 saturated carbocycles. The Balaban J connectivity index is 1.58. The summed E-state index contributed by atoms with van der Waals surface area (Å²) in [6.45, 7) is 3.13. The number of fused-ring (bicyclic) bond motifs is 1. The summed E-state index contributed by atoms with van der Waals surface area (Å²) in [5.41, 5.74) is 1.92. The number of carboxylic acid groups (broad SMARTS) is 1. The van der Waals surface area contributed by atoms with Crippen molar-refractivity contribution in [3.05, 3.63) is 35.4 Å². The molecule has 1 aromatic carbocycles. The molecule has 0 bridgehead atoms. The molecular weight excluding hydrogens is 292 g/mol. The lowest BCUT2D eigenvalue weighted by Gasteiger charge is -2.27. The Bertz CT molecular complexity index is 616. The van der Waals surface area contributed by atoms with E-state index in [1.54, 1.807) is 11.8 Å². The third kappa shape index (κ3) is 3.19. The molecule has 2 aliphatic rings. The Labute approximate surface area is 136 Å². The molecule has 1 aliphatic heterocycles. The smallest absolute Gasteiger partial charge is 0.317 e. The van der Waals surface area contributed by atoms with Crippen molar-refractivity contribution in [2.45, 2.75) is 38.5 Å². The summed E-state index contributed by atoms with van der Waals surface area (Å²) in [7, 11) is 0. The van der Waals surface area contributed by atoms with Gasteiger partial charge in [0, 0.05) is 25.6 Å². The standard InChI is InChI=1S/C18H24N2O3/c1-18(16(21)22)9-10-20(12-18)17(23)19-11-14-7-4-6-13-5-2-3-8-15(13)14/h2-3,5,8,14H,4,6-7,9-12H2,1H3,(H,19,23)(H,21,22). The summed E-state index contributed by atoms with van der Waals surface area (Å²) in [5.74, 6) is -0.466. The van der Waals surface area contributed by atoms with Crippen LogP contribution in [0.15, 0.2) is 24.3 Å². The van der Waals surface area contributed by atoms with Gasteiger partial charge >= 0.3 is 12.0 Å². The number of urea groups is 1. The van der Waals surface area contributed by atoms with Crippen molar-refractivity contribution in [3.8, 4) is 0 Å². The zero-order chi connectivity index (χ0) is 16.4. The molecule has 1 fully saturated rings. The fourth-order valence-corrected chi connectivity index (χ4v) is 3.70. The summed E-state index contributed by atoms with van der Waals surface area (Å²) < 4.78 is 0. The first-order chi connectivity index (χ1) is 11.0. The molecule has 2 unspecified atom stereocenters. The molecular formula is C18H24N2O3. The topological polar surface area (TPSA) is 69.6 Å². The Morgan fingerprint density at radius 1 is 1.39 bits per heavy atom. The molecule has 23 heavy (non-hydrogen) atoms. The highest BCUT2D eigenvalue weighted by Crippen LogP contribution is 2.32. The van der Waals surface area contributed by atoms with Gasteiger partial charge in [-0.1, -0.05) is 24.3 Å². The minimum Gasteiger partial charge on any atom is -0.481 e. The highest BCUT2D eigenvalue weighted by Gasteiger charge is 2.42. The molecule has 0 aromatic heterocycles. The van der Waals surface area contributed by atoms with Crippen LogP contribution < -0.4 is 5.32 Å². The number of aliphatic carboxylic acids is 1. The highest BCUT2D eigenvalue weighted by atomic mass is 16.4. The molecule has 2 N–H and O–H groups in total. The van der Waals surface area contributed by atoms with Crippen molar-refractivity contribution in [2.24, 2.45) is 5.41 Å². The Kier molecular flexibility index (Phi) is 4.28. The Morgan fingerprint density at radius 2 is 2.17 bits per heavy atom. The van der Waals surface area contributed by atoms with E-state index in [4.69, 9.17) is 0 Å². The van der Waals surface area contributed by atoms with Crippen molar-refractivity contribution in [1.29, 1.82) is 0 Å². The molecule has 5 heteroatoms. The van der Waals surface area contributed by atoms with Gasteiger partial charge in [0.15, 0.2) is 0 Å². The number of benzene rings is 1. The second-order valence-corrected chi connectivity index (χ2v) is 7.01. The van der Waals surface area contributed by atoms with Crippen LogP contribution in [0.1, 0.15) is 43.2 Å². The number of likely N-dealkylation sites (tertiary alicyclic amines) is 1. The number of nitrogens with zero attached hydrogens (tertiary/aromatic N) is 1. The minimum absolute atomic E-state index is 0.141. The normalized spacial score (nSPS) is 26.7. The van der Waals surface area contributed by atoms with Crippen molar-refractivity contribution in [1.82, 2.24) is 10.2 Å². The number of carbonyl (C=O) groups excluding carboxylic acids is 1. The molecule has 1 aliphatic carbocycles. The number of carboxylic acids is 1. The van der Waals surface area contributed by atoms with E-state index in [1.165, 1.54) is 11.1 Å². The molecule has 2 amide bonds. The molecule has 1 saturated heterocycles. The number of carbonyl (C=O) groups is 2. The quantitative estimate of drug-likeness (QED) is 0.900. The molecule has 3 rings (SSSR count). The van der Waals surface area contributed by atoms with Crippen molar-refractivity contribution in [3.63, 3.8) is 0 Å². The third-order valence-electron chi connectivity index (χ3n) is 5.27. The van der Waals surface area contributed by atoms with Crippen LogP contribution in [0.25, 0.3) is 0 Å². The molecule has 124 valence electrons. The fraction of sp³-hybridized carbons (Fsp3) is 0.556. The zero-order valence-electron chi connectivity index (χ0n) is 13.5. The van der Waals surface area contributed by atoms with Gasteiger partial charge in [0.1, 0.15) is 0 Å². The van der Waals surface area contributed by atoms with Crippen LogP contribution in [0.5, 0.6) is 0 Å². The number of aryl methyl sites for hydroxylation is 1. The largest absolute Gasteiger partial charge is 0.481 e. The molecule has 0 spiro atoms. The van der Waals surface area contributed by atoms with E-state index < -0.39 is 11.4 Å². The van der Waals surface area contributed by atoms with Crippen LogP contribution in [0, 0.1) is 5.41 Å². The number of nitrogens with one attached hydrogen (secondary N) is 1. The first-order valence-corrected chi connectivity index (χ1v) is 8.33. The van der Waals surface area contributed by atoms with E-state index in [0.717, 1.165) is 19.3 Å².